The van der Waals surface area contributed by atoms with Crippen LogP contribution in [0.4, 0.5) is 0 Å². The summed E-state index contributed by atoms with van der Waals surface area (Å²) >= 11 is 0. The van der Waals surface area contributed by atoms with Crippen LogP contribution in [0.5, 0.6) is 0 Å². The number of nitrogens with zero attached hydrogens (tertiary/aromatic N) is 2. The number of likely N-dealkylation sites (N-methyl/N-ethyl adjacent to an activating group) is 1. The van der Waals surface area contributed by atoms with Crippen LogP contribution < -0.4 is 4.72 Å². The third-order valence-corrected chi connectivity index (χ3v) is 3.77. The van der Waals surface area contributed by atoms with Crippen molar-refractivity contribution in [3.63, 3.8) is 0 Å². The predicted molar refractivity (Wildman–Crippen MR) is 61.6 cm³/mol. The van der Waals surface area contributed by atoms with Gasteiger partial charge >= 0.3 is 0 Å². The van der Waals surface area contributed by atoms with Crippen LogP contribution >= 0.6 is 0 Å². The number of sulfonamides is 1. The maximum atomic E-state index is 11.7. The summed E-state index contributed by atoms with van der Waals surface area (Å²) in [5.41, 5.74) is 0. The first-order chi connectivity index (χ1) is 7.60. The molecule has 0 atom stereocenters. The molecule has 0 aliphatic rings. The van der Waals surface area contributed by atoms with Crippen molar-refractivity contribution in [3.05, 3.63) is 12.3 Å². The van der Waals surface area contributed by atoms with Gasteiger partial charge in [0.1, 0.15) is 0 Å². The van der Waals surface area contributed by atoms with Crippen LogP contribution in [0.1, 0.15) is 13.8 Å². The molecule has 16 heavy (non-hydrogen) atoms. The Kier molecular flexibility index (Phi) is 4.91. The minimum atomic E-state index is -3.42. The van der Waals surface area contributed by atoms with E-state index in [-0.39, 0.29) is 5.03 Å². The Bertz CT molecular complexity index is 384. The second kappa shape index (κ2) is 5.97. The molecule has 92 valence electrons. The van der Waals surface area contributed by atoms with Crippen LogP contribution in [0.2, 0.25) is 0 Å². The van der Waals surface area contributed by atoms with Crippen LogP contribution in [0, 0.1) is 0 Å². The molecule has 1 heterocycles. The molecule has 0 saturated carbocycles. The van der Waals surface area contributed by atoms with Crippen LogP contribution in [0.15, 0.2) is 17.3 Å². The van der Waals surface area contributed by atoms with Gasteiger partial charge in [-0.05, 0) is 19.2 Å². The number of H-pyrrole nitrogens is 1. The fourth-order valence-corrected chi connectivity index (χ4v) is 2.28. The zero-order chi connectivity index (χ0) is 12.0. The summed E-state index contributed by atoms with van der Waals surface area (Å²) in [6, 6.07) is 1.43. The third kappa shape index (κ3) is 3.58. The molecule has 0 amide bonds. The van der Waals surface area contributed by atoms with E-state index in [0.717, 1.165) is 13.1 Å². The van der Waals surface area contributed by atoms with E-state index < -0.39 is 10.0 Å². The molecule has 0 saturated heterocycles. The highest BCUT2D eigenvalue weighted by molar-refractivity contribution is 7.89. The standard InChI is InChI=1S/C9H18N4O2S/c1-3-13(4-2)8-7-11-16(14,15)9-5-6-10-12-9/h5-6,11H,3-4,7-8H2,1-2H3,(H,10,12). The number of rotatable bonds is 7. The summed E-state index contributed by atoms with van der Waals surface area (Å²) in [6.45, 7) is 7.05. The molecule has 1 aromatic rings. The average Bonchev–Trinajstić information content (AvgIpc) is 2.78. The second-order valence-corrected chi connectivity index (χ2v) is 5.08. The third-order valence-electron chi connectivity index (χ3n) is 2.38. The van der Waals surface area contributed by atoms with E-state index in [1.54, 1.807) is 0 Å². The van der Waals surface area contributed by atoms with E-state index in [9.17, 15) is 8.42 Å². The van der Waals surface area contributed by atoms with Gasteiger partial charge in [-0.25, -0.2) is 13.1 Å². The summed E-state index contributed by atoms with van der Waals surface area (Å²) in [7, 11) is -3.42. The smallest absolute Gasteiger partial charge is 0.257 e. The van der Waals surface area contributed by atoms with Gasteiger partial charge in [0.2, 0.25) is 0 Å². The van der Waals surface area contributed by atoms with Gasteiger partial charge in [-0.15, -0.1) is 0 Å². The molecule has 0 aliphatic carbocycles. The fourth-order valence-electron chi connectivity index (χ4n) is 1.35. The number of aromatic nitrogens is 2. The SMILES string of the molecule is CCN(CC)CCNS(=O)(=O)c1ccn[nH]1. The molecule has 6 nitrogen and oxygen atoms in total. The quantitative estimate of drug-likeness (QED) is 0.711. The van der Waals surface area contributed by atoms with Crippen molar-refractivity contribution in [1.82, 2.24) is 19.8 Å². The highest BCUT2D eigenvalue weighted by Gasteiger charge is 2.14. The normalized spacial score (nSPS) is 12.2. The number of hydrogen-bond acceptors (Lipinski definition) is 4. The van der Waals surface area contributed by atoms with E-state index >= 15 is 0 Å². The van der Waals surface area contributed by atoms with E-state index in [0.29, 0.717) is 13.1 Å². The van der Waals surface area contributed by atoms with Gasteiger partial charge in [0.25, 0.3) is 10.0 Å². The van der Waals surface area contributed by atoms with E-state index in [4.69, 9.17) is 0 Å². The maximum absolute atomic E-state index is 11.7. The lowest BCUT2D eigenvalue weighted by molar-refractivity contribution is 0.309. The molecule has 2 N–H and O–H groups in total. The maximum Gasteiger partial charge on any atom is 0.257 e. The van der Waals surface area contributed by atoms with Gasteiger partial charge < -0.3 is 4.90 Å². The zero-order valence-electron chi connectivity index (χ0n) is 9.60. The van der Waals surface area contributed by atoms with Crippen molar-refractivity contribution in [2.75, 3.05) is 26.2 Å². The molecular formula is C9H18N4O2S. The lowest BCUT2D eigenvalue weighted by Crippen LogP contribution is -2.34. The predicted octanol–water partition coefficient (Wildman–Crippen LogP) is 0.0298. The average molecular weight is 246 g/mol. The largest absolute Gasteiger partial charge is 0.303 e. The van der Waals surface area contributed by atoms with Crippen molar-refractivity contribution in [3.8, 4) is 0 Å². The van der Waals surface area contributed by atoms with Crippen LogP contribution in [-0.2, 0) is 10.0 Å². The van der Waals surface area contributed by atoms with E-state index in [1.807, 2.05) is 13.8 Å². The molecule has 0 unspecified atom stereocenters. The number of nitrogens with one attached hydrogen (secondary N) is 2. The molecule has 0 aromatic carbocycles. The summed E-state index contributed by atoms with van der Waals surface area (Å²) < 4.78 is 25.8. The molecule has 0 fully saturated rings. The summed E-state index contributed by atoms with van der Waals surface area (Å²) in [5.74, 6) is 0. The van der Waals surface area contributed by atoms with Gasteiger partial charge in [0.05, 0.1) is 6.20 Å². The first-order valence-electron chi connectivity index (χ1n) is 5.31. The summed E-state index contributed by atoms with van der Waals surface area (Å²) in [5, 5.41) is 6.14. The molecule has 0 radical (unpaired) electrons. The zero-order valence-corrected chi connectivity index (χ0v) is 10.4. The Morgan fingerprint density at radius 1 is 1.44 bits per heavy atom. The first-order valence-corrected chi connectivity index (χ1v) is 6.80. The molecule has 1 aromatic heterocycles. The van der Waals surface area contributed by atoms with E-state index in [1.165, 1.54) is 12.3 Å². The van der Waals surface area contributed by atoms with Crippen LogP contribution in [-0.4, -0.2) is 49.7 Å². The Hall–Kier alpha value is -0.920. The van der Waals surface area contributed by atoms with Gasteiger partial charge in [0, 0.05) is 13.1 Å². The van der Waals surface area contributed by atoms with Gasteiger partial charge in [-0.3, -0.25) is 5.10 Å². The van der Waals surface area contributed by atoms with Crippen LogP contribution in [0.25, 0.3) is 0 Å². The molecular weight excluding hydrogens is 228 g/mol. The van der Waals surface area contributed by atoms with Crippen LogP contribution in [0.3, 0.4) is 0 Å². The lowest BCUT2D eigenvalue weighted by Gasteiger charge is -2.17. The highest BCUT2D eigenvalue weighted by atomic mass is 32.2. The Morgan fingerprint density at radius 2 is 2.12 bits per heavy atom. The van der Waals surface area contributed by atoms with E-state index in [2.05, 4.69) is 19.8 Å². The van der Waals surface area contributed by atoms with Crippen molar-refractivity contribution < 1.29 is 8.42 Å². The minimum Gasteiger partial charge on any atom is -0.303 e. The molecule has 7 heteroatoms. The van der Waals surface area contributed by atoms with Gasteiger partial charge in [-0.1, -0.05) is 13.8 Å². The van der Waals surface area contributed by atoms with Crippen molar-refractivity contribution >= 4 is 10.0 Å². The molecule has 0 spiro atoms. The summed E-state index contributed by atoms with van der Waals surface area (Å²) in [6.07, 6.45) is 1.42. The first kappa shape index (κ1) is 13.1. The fraction of sp³-hybridized carbons (Fsp3) is 0.667. The second-order valence-electron chi connectivity index (χ2n) is 3.35. The number of hydrogen-bond donors (Lipinski definition) is 2. The summed E-state index contributed by atoms with van der Waals surface area (Å²) in [4.78, 5) is 2.15. The van der Waals surface area contributed by atoms with Crippen molar-refractivity contribution in [2.24, 2.45) is 0 Å². The lowest BCUT2D eigenvalue weighted by atomic mass is 10.5. The minimum absolute atomic E-state index is 0.104. The number of aromatic amines is 1. The molecule has 1 rings (SSSR count). The van der Waals surface area contributed by atoms with Crippen molar-refractivity contribution in [1.29, 1.82) is 0 Å². The Balaban J connectivity index is 2.44. The molecule has 0 aliphatic heterocycles. The highest BCUT2D eigenvalue weighted by Crippen LogP contribution is 2.01. The Labute approximate surface area is 96.1 Å². The van der Waals surface area contributed by atoms with Gasteiger partial charge in [-0.2, -0.15) is 5.10 Å². The topological polar surface area (TPSA) is 78.1 Å². The van der Waals surface area contributed by atoms with Crippen molar-refractivity contribution in [2.45, 2.75) is 18.9 Å². The molecule has 0 bridgehead atoms. The van der Waals surface area contributed by atoms with Gasteiger partial charge in [0.15, 0.2) is 5.03 Å². The monoisotopic (exact) mass is 246 g/mol. The Morgan fingerprint density at radius 3 is 2.62 bits per heavy atom.